The van der Waals surface area contributed by atoms with Crippen LogP contribution < -0.4 is 0 Å². The van der Waals surface area contributed by atoms with Gasteiger partial charge in [0, 0.05) is 12.3 Å². The Morgan fingerprint density at radius 1 is 1.44 bits per heavy atom. The maximum Gasteiger partial charge on any atom is 0.417 e. The lowest BCUT2D eigenvalue weighted by molar-refractivity contribution is -0.137. The third-order valence-corrected chi connectivity index (χ3v) is 2.47. The highest BCUT2D eigenvalue weighted by atomic mass is 79.9. The summed E-state index contributed by atoms with van der Waals surface area (Å²) in [4.78, 5) is 0. The Morgan fingerprint density at radius 2 is 1.94 bits per heavy atom. The monoisotopic (exact) mass is 313 g/mol. The molecule has 1 aromatic rings. The lowest BCUT2D eigenvalue weighted by Gasteiger charge is -2.09. The first-order valence-electron chi connectivity index (χ1n) is 4.09. The maximum absolute atomic E-state index is 12.3. The van der Waals surface area contributed by atoms with Gasteiger partial charge in [0.25, 0.3) is 0 Å². The molecule has 0 heterocycles. The van der Waals surface area contributed by atoms with Crippen LogP contribution in [0.3, 0.4) is 0 Å². The minimum absolute atomic E-state index is 0.266. The summed E-state index contributed by atoms with van der Waals surface area (Å²) in [5.74, 6) is 0. The SMILES string of the molecule is CC#N.FC(F)(F)c1cc(CBr)ccc1Cl. The van der Waals surface area contributed by atoms with Gasteiger partial charge in [-0.25, -0.2) is 0 Å². The van der Waals surface area contributed by atoms with Crippen LogP contribution in [0.15, 0.2) is 18.2 Å². The highest BCUT2D eigenvalue weighted by Crippen LogP contribution is 2.35. The van der Waals surface area contributed by atoms with Gasteiger partial charge in [-0.15, -0.1) is 0 Å². The van der Waals surface area contributed by atoms with Crippen LogP contribution in [0.2, 0.25) is 5.02 Å². The molecule has 0 saturated carbocycles. The summed E-state index contributed by atoms with van der Waals surface area (Å²) in [6, 6.07) is 5.59. The zero-order chi connectivity index (χ0) is 12.8. The molecule has 1 nitrogen and oxygen atoms in total. The molecule has 1 rings (SSSR count). The molecule has 0 bridgehead atoms. The quantitative estimate of drug-likeness (QED) is 0.684. The third-order valence-electron chi connectivity index (χ3n) is 1.49. The first-order chi connectivity index (χ1) is 7.36. The van der Waals surface area contributed by atoms with E-state index in [1.54, 1.807) is 12.1 Å². The standard InChI is InChI=1S/C8H5BrClF3.C2H3N/c9-4-5-1-2-7(10)6(3-5)8(11,12)13;1-2-3/h1-3H,4H2;1H3. The number of halogens is 5. The lowest BCUT2D eigenvalue weighted by Crippen LogP contribution is -2.06. The smallest absolute Gasteiger partial charge is 0.199 e. The molecule has 0 atom stereocenters. The van der Waals surface area contributed by atoms with Crippen LogP contribution in [0.25, 0.3) is 0 Å². The Labute approximate surface area is 105 Å². The molecule has 16 heavy (non-hydrogen) atoms. The lowest BCUT2D eigenvalue weighted by atomic mass is 10.1. The fourth-order valence-electron chi connectivity index (χ4n) is 0.873. The minimum Gasteiger partial charge on any atom is -0.199 e. The van der Waals surface area contributed by atoms with Crippen LogP contribution in [-0.4, -0.2) is 0 Å². The molecule has 0 N–H and O–H groups in total. The summed E-state index contributed by atoms with van der Waals surface area (Å²) in [7, 11) is 0. The number of alkyl halides is 4. The topological polar surface area (TPSA) is 23.8 Å². The molecule has 0 aliphatic carbocycles. The fraction of sp³-hybridized carbons (Fsp3) is 0.300. The van der Waals surface area contributed by atoms with Crippen LogP contribution in [0.4, 0.5) is 13.2 Å². The van der Waals surface area contributed by atoms with Crippen LogP contribution in [-0.2, 0) is 11.5 Å². The van der Waals surface area contributed by atoms with Gasteiger partial charge < -0.3 is 0 Å². The van der Waals surface area contributed by atoms with E-state index in [9.17, 15) is 13.2 Å². The molecule has 88 valence electrons. The summed E-state index contributed by atoms with van der Waals surface area (Å²) >= 11 is 8.48. The van der Waals surface area contributed by atoms with Crippen LogP contribution in [0, 0.1) is 11.3 Å². The second-order valence-electron chi connectivity index (χ2n) is 2.67. The minimum atomic E-state index is -4.38. The second kappa shape index (κ2) is 6.77. The van der Waals surface area contributed by atoms with Crippen molar-refractivity contribution >= 4 is 27.5 Å². The van der Waals surface area contributed by atoms with Crippen molar-refractivity contribution in [2.75, 3.05) is 0 Å². The van der Waals surface area contributed by atoms with E-state index in [-0.39, 0.29) is 5.02 Å². The van der Waals surface area contributed by atoms with Gasteiger partial charge >= 0.3 is 6.18 Å². The molecule has 0 radical (unpaired) electrons. The number of benzene rings is 1. The Kier molecular flexibility index (Phi) is 6.46. The normalized spacial score (nSPS) is 10.1. The van der Waals surface area contributed by atoms with E-state index < -0.39 is 11.7 Å². The molecular formula is C10H8BrClF3N. The molecule has 1 aromatic carbocycles. The molecule has 6 heteroatoms. The van der Waals surface area contributed by atoms with Gasteiger partial charge in [0.05, 0.1) is 16.7 Å². The first kappa shape index (κ1) is 15.3. The van der Waals surface area contributed by atoms with Gasteiger partial charge in [-0.05, 0) is 17.7 Å². The van der Waals surface area contributed by atoms with E-state index in [1.165, 1.54) is 13.0 Å². The van der Waals surface area contributed by atoms with E-state index in [0.29, 0.717) is 10.9 Å². The first-order valence-corrected chi connectivity index (χ1v) is 5.59. The van der Waals surface area contributed by atoms with Crippen molar-refractivity contribution in [2.45, 2.75) is 18.4 Å². The van der Waals surface area contributed by atoms with E-state index in [2.05, 4.69) is 15.9 Å². The van der Waals surface area contributed by atoms with Crippen molar-refractivity contribution in [1.82, 2.24) is 0 Å². The van der Waals surface area contributed by atoms with Gasteiger partial charge in [-0.1, -0.05) is 33.6 Å². The van der Waals surface area contributed by atoms with Crippen molar-refractivity contribution in [3.05, 3.63) is 34.3 Å². The van der Waals surface area contributed by atoms with Crippen LogP contribution in [0.5, 0.6) is 0 Å². The molecule has 0 unspecified atom stereocenters. The number of nitriles is 1. The Morgan fingerprint density at radius 3 is 2.31 bits per heavy atom. The highest BCUT2D eigenvalue weighted by molar-refractivity contribution is 9.08. The molecule has 0 aliphatic rings. The summed E-state index contributed by atoms with van der Waals surface area (Å²) in [6.45, 7) is 1.43. The molecule has 0 amide bonds. The van der Waals surface area contributed by atoms with Crippen molar-refractivity contribution in [3.63, 3.8) is 0 Å². The highest BCUT2D eigenvalue weighted by Gasteiger charge is 2.33. The number of hydrogen-bond donors (Lipinski definition) is 0. The van der Waals surface area contributed by atoms with Gasteiger partial charge in [0.15, 0.2) is 0 Å². The van der Waals surface area contributed by atoms with Gasteiger partial charge in [-0.3, -0.25) is 0 Å². The van der Waals surface area contributed by atoms with Crippen LogP contribution >= 0.6 is 27.5 Å². The Balaban J connectivity index is 0.000000673. The number of rotatable bonds is 1. The van der Waals surface area contributed by atoms with Gasteiger partial charge in [-0.2, -0.15) is 18.4 Å². The summed E-state index contributed by atoms with van der Waals surface area (Å²) in [6.07, 6.45) is -4.38. The summed E-state index contributed by atoms with van der Waals surface area (Å²) in [5.41, 5.74) is -0.233. The molecule has 0 aromatic heterocycles. The summed E-state index contributed by atoms with van der Waals surface area (Å²) in [5, 5.41) is 7.44. The third kappa shape index (κ3) is 4.86. The summed E-state index contributed by atoms with van der Waals surface area (Å²) < 4.78 is 36.8. The zero-order valence-electron chi connectivity index (χ0n) is 8.28. The number of nitrogens with zero attached hydrogens (tertiary/aromatic N) is 1. The van der Waals surface area contributed by atoms with Crippen molar-refractivity contribution in [1.29, 1.82) is 5.26 Å². The zero-order valence-corrected chi connectivity index (χ0v) is 10.6. The van der Waals surface area contributed by atoms with E-state index in [1.807, 2.05) is 0 Å². The van der Waals surface area contributed by atoms with Gasteiger partial charge in [0.1, 0.15) is 0 Å². The van der Waals surface area contributed by atoms with E-state index >= 15 is 0 Å². The molecule has 0 saturated heterocycles. The van der Waals surface area contributed by atoms with E-state index in [4.69, 9.17) is 16.9 Å². The molecule has 0 aliphatic heterocycles. The average molecular weight is 315 g/mol. The molecular weight excluding hydrogens is 306 g/mol. The van der Waals surface area contributed by atoms with Crippen LogP contribution in [0.1, 0.15) is 18.1 Å². The van der Waals surface area contributed by atoms with Crippen molar-refractivity contribution in [2.24, 2.45) is 0 Å². The molecule has 0 spiro atoms. The van der Waals surface area contributed by atoms with Gasteiger partial charge in [0.2, 0.25) is 0 Å². The Bertz CT molecular complexity index is 385. The fourth-order valence-corrected chi connectivity index (χ4v) is 1.45. The Hall–Kier alpha value is -0.730. The van der Waals surface area contributed by atoms with E-state index in [0.717, 1.165) is 6.07 Å². The van der Waals surface area contributed by atoms with Crippen molar-refractivity contribution < 1.29 is 13.2 Å². The maximum atomic E-state index is 12.3. The number of hydrogen-bond acceptors (Lipinski definition) is 1. The largest absolute Gasteiger partial charge is 0.417 e. The molecule has 0 fully saturated rings. The predicted octanol–water partition coefficient (Wildman–Crippen LogP) is 4.78. The predicted molar refractivity (Wildman–Crippen MR) is 60.4 cm³/mol. The second-order valence-corrected chi connectivity index (χ2v) is 3.64. The average Bonchev–Trinajstić information content (AvgIpc) is 2.18. The van der Waals surface area contributed by atoms with Crippen molar-refractivity contribution in [3.8, 4) is 6.07 Å².